The molecule has 2 fully saturated rings. The summed E-state index contributed by atoms with van der Waals surface area (Å²) in [6, 6.07) is 6.84. The zero-order chi connectivity index (χ0) is 18.3. The fraction of sp³-hybridized carbons (Fsp3) is 0.667. The third kappa shape index (κ3) is 1.97. The molecule has 1 unspecified atom stereocenters. The first-order valence-corrected chi connectivity index (χ1v) is 10.6. The average molecular weight is 352 g/mol. The van der Waals surface area contributed by atoms with E-state index in [1.807, 2.05) is 12.1 Å². The van der Waals surface area contributed by atoms with E-state index in [0.717, 1.165) is 18.3 Å². The third-order valence-electron chi connectivity index (χ3n) is 8.83. The molecule has 1 N–H and O–H groups in total. The number of phenolic OH excluding ortho intramolecular Hbond substituents is 1. The van der Waals surface area contributed by atoms with E-state index in [4.69, 9.17) is 0 Å². The topological polar surface area (TPSA) is 23.5 Å². The smallest absolute Gasteiger partial charge is 0.115 e. The van der Waals surface area contributed by atoms with Crippen LogP contribution in [0.25, 0.3) is 0 Å². The summed E-state index contributed by atoms with van der Waals surface area (Å²) in [4.78, 5) is 2.76. The third-order valence-corrected chi connectivity index (χ3v) is 8.83. The van der Waals surface area contributed by atoms with Gasteiger partial charge in [-0.1, -0.05) is 24.1 Å². The molecular weight excluding hydrogens is 318 g/mol. The van der Waals surface area contributed by atoms with E-state index in [1.54, 1.807) is 11.1 Å². The number of benzene rings is 1. The molecule has 1 aromatic carbocycles. The van der Waals surface area contributed by atoms with Crippen LogP contribution in [0.2, 0.25) is 0 Å². The highest BCUT2D eigenvalue weighted by Gasteiger charge is 2.65. The largest absolute Gasteiger partial charge is 0.508 e. The highest BCUT2D eigenvalue weighted by molar-refractivity contribution is 5.51. The minimum absolute atomic E-state index is 0.190. The van der Waals surface area contributed by atoms with Crippen molar-refractivity contribution in [1.29, 1.82) is 0 Å². The minimum Gasteiger partial charge on any atom is -0.508 e. The van der Waals surface area contributed by atoms with Crippen LogP contribution in [0.1, 0.15) is 64.0 Å². The summed E-state index contributed by atoms with van der Waals surface area (Å²) in [5.74, 6) is 2.11. The second-order valence-corrected chi connectivity index (χ2v) is 9.93. The maximum Gasteiger partial charge on any atom is 0.115 e. The van der Waals surface area contributed by atoms with E-state index >= 15 is 0 Å². The van der Waals surface area contributed by atoms with Gasteiger partial charge in [0, 0.05) is 23.4 Å². The van der Waals surface area contributed by atoms with Gasteiger partial charge in [0.1, 0.15) is 5.75 Å². The van der Waals surface area contributed by atoms with Crippen LogP contribution in [-0.2, 0) is 11.8 Å². The monoisotopic (exact) mass is 351 g/mol. The molecule has 0 amide bonds. The van der Waals surface area contributed by atoms with Crippen molar-refractivity contribution >= 4 is 0 Å². The molecule has 0 radical (unpaired) electrons. The van der Waals surface area contributed by atoms with Gasteiger partial charge in [-0.3, -0.25) is 0 Å². The Morgan fingerprint density at radius 1 is 1.15 bits per heavy atom. The van der Waals surface area contributed by atoms with Gasteiger partial charge in [-0.15, -0.1) is 0 Å². The Morgan fingerprint density at radius 2 is 1.92 bits per heavy atom. The molecule has 4 aliphatic carbocycles. The quantitative estimate of drug-likeness (QED) is 0.770. The molecule has 0 aromatic heterocycles. The van der Waals surface area contributed by atoms with Gasteiger partial charge in [-0.05, 0) is 94.5 Å². The Hall–Kier alpha value is -1.28. The molecule has 4 aliphatic rings. The Morgan fingerprint density at radius 3 is 2.65 bits per heavy atom. The lowest BCUT2D eigenvalue weighted by Gasteiger charge is -2.61. The van der Waals surface area contributed by atoms with Crippen molar-refractivity contribution < 1.29 is 5.11 Å². The molecule has 4 atom stereocenters. The maximum absolute atomic E-state index is 10.0. The van der Waals surface area contributed by atoms with Crippen molar-refractivity contribution in [3.8, 4) is 5.75 Å². The van der Waals surface area contributed by atoms with Crippen molar-refractivity contribution in [2.75, 3.05) is 13.6 Å². The summed E-state index contributed by atoms with van der Waals surface area (Å²) < 4.78 is 0. The number of aryl methyl sites for hydroxylation is 1. The number of hydrogen-bond acceptors (Lipinski definition) is 2. The number of rotatable bonds is 3. The van der Waals surface area contributed by atoms with E-state index in [-0.39, 0.29) is 10.8 Å². The molecule has 26 heavy (non-hydrogen) atoms. The van der Waals surface area contributed by atoms with Gasteiger partial charge < -0.3 is 10.0 Å². The predicted octanol–water partition coefficient (Wildman–Crippen LogP) is 5.05. The summed E-state index contributed by atoms with van der Waals surface area (Å²) in [6.45, 7) is 8.69. The molecule has 0 saturated heterocycles. The van der Waals surface area contributed by atoms with Crippen LogP contribution in [0.5, 0.6) is 5.75 Å². The van der Waals surface area contributed by atoms with Gasteiger partial charge in [-0.2, -0.15) is 0 Å². The lowest BCUT2D eigenvalue weighted by molar-refractivity contribution is -0.0213. The molecule has 2 bridgehead atoms. The first-order valence-electron chi connectivity index (χ1n) is 10.6. The zero-order valence-electron chi connectivity index (χ0n) is 16.8. The van der Waals surface area contributed by atoms with E-state index in [9.17, 15) is 5.11 Å². The molecule has 1 spiro atoms. The first kappa shape index (κ1) is 16.9. The Balaban J connectivity index is 1.66. The Kier molecular flexibility index (Phi) is 3.49. The SMILES string of the molecule is CC1=C(C)[C@]23CCc4cc(O)ccc4[C@]2(C)CC[C@H]1C3N(C)CC1CC1. The molecule has 1 aromatic rings. The standard InChI is InChI=1S/C24H33NO/c1-15-16(2)24-12-9-18-13-19(26)7-8-21(18)23(24,3)11-10-20(15)22(24)25(4)14-17-5-6-17/h7-8,13,17,20,22,26H,5-6,9-12,14H2,1-4H3/t20-,22?,23+,24+/m1/s1. The van der Waals surface area contributed by atoms with Crippen LogP contribution in [0.4, 0.5) is 0 Å². The second-order valence-electron chi connectivity index (χ2n) is 9.93. The first-order chi connectivity index (χ1) is 12.4. The van der Waals surface area contributed by atoms with Crippen LogP contribution in [0.3, 0.4) is 0 Å². The van der Waals surface area contributed by atoms with E-state index in [0.29, 0.717) is 11.8 Å². The van der Waals surface area contributed by atoms with Gasteiger partial charge in [0.15, 0.2) is 0 Å². The Bertz CT molecular complexity index is 791. The lowest BCUT2D eigenvalue weighted by atomic mass is 9.46. The number of fused-ring (bicyclic) bond motifs is 3. The van der Waals surface area contributed by atoms with Gasteiger partial charge in [0.25, 0.3) is 0 Å². The fourth-order valence-corrected chi connectivity index (χ4v) is 7.36. The summed E-state index contributed by atoms with van der Waals surface area (Å²) in [5, 5.41) is 10.0. The molecular formula is C24H33NO. The van der Waals surface area contributed by atoms with Gasteiger partial charge in [0.05, 0.1) is 0 Å². The molecule has 140 valence electrons. The van der Waals surface area contributed by atoms with Crippen molar-refractivity contribution in [3.05, 3.63) is 40.5 Å². The van der Waals surface area contributed by atoms with Gasteiger partial charge in [0.2, 0.25) is 0 Å². The predicted molar refractivity (Wildman–Crippen MR) is 106 cm³/mol. The lowest BCUT2D eigenvalue weighted by Crippen LogP contribution is -2.62. The number of hydrogen-bond donors (Lipinski definition) is 1. The van der Waals surface area contributed by atoms with Gasteiger partial charge in [-0.25, -0.2) is 0 Å². The summed E-state index contributed by atoms with van der Waals surface area (Å²) in [7, 11) is 2.40. The highest BCUT2D eigenvalue weighted by Crippen LogP contribution is 2.68. The normalized spacial score (nSPS) is 38.5. The summed E-state index contributed by atoms with van der Waals surface area (Å²) in [6.07, 6.45) is 7.78. The minimum atomic E-state index is 0.190. The van der Waals surface area contributed by atoms with Gasteiger partial charge >= 0.3 is 0 Å². The summed E-state index contributed by atoms with van der Waals surface area (Å²) in [5.41, 5.74) is 6.73. The maximum atomic E-state index is 10.0. The Labute approximate surface area is 158 Å². The van der Waals surface area contributed by atoms with Crippen molar-refractivity contribution in [2.45, 2.75) is 70.8 Å². The van der Waals surface area contributed by atoms with Crippen molar-refractivity contribution in [1.82, 2.24) is 4.90 Å². The summed E-state index contributed by atoms with van der Waals surface area (Å²) >= 11 is 0. The van der Waals surface area contributed by atoms with Crippen LogP contribution in [-0.4, -0.2) is 29.6 Å². The number of phenols is 1. The fourth-order valence-electron chi connectivity index (χ4n) is 7.36. The van der Waals surface area contributed by atoms with E-state index in [2.05, 4.69) is 38.8 Å². The number of nitrogens with zero attached hydrogens (tertiary/aromatic N) is 1. The van der Waals surface area contributed by atoms with Crippen molar-refractivity contribution in [3.63, 3.8) is 0 Å². The molecule has 0 aliphatic heterocycles. The van der Waals surface area contributed by atoms with Crippen LogP contribution >= 0.6 is 0 Å². The number of aromatic hydroxyl groups is 1. The van der Waals surface area contributed by atoms with Crippen molar-refractivity contribution in [2.24, 2.45) is 17.3 Å². The second kappa shape index (κ2) is 5.38. The van der Waals surface area contributed by atoms with E-state index in [1.165, 1.54) is 49.8 Å². The van der Waals surface area contributed by atoms with E-state index < -0.39 is 0 Å². The highest BCUT2D eigenvalue weighted by atomic mass is 16.3. The average Bonchev–Trinajstić information content (AvgIpc) is 3.40. The molecule has 2 saturated carbocycles. The molecule has 2 nitrogen and oxygen atoms in total. The van der Waals surface area contributed by atoms with Crippen LogP contribution in [0, 0.1) is 17.3 Å². The zero-order valence-corrected chi connectivity index (χ0v) is 16.8. The van der Waals surface area contributed by atoms with Crippen LogP contribution < -0.4 is 0 Å². The molecule has 0 heterocycles. The molecule has 5 rings (SSSR count). The molecule has 2 heteroatoms. The van der Waals surface area contributed by atoms with Crippen LogP contribution in [0.15, 0.2) is 29.3 Å².